The average molecular weight is 518 g/mol. The Labute approximate surface area is 219 Å². The molecule has 3 aromatic carbocycles. The maximum Gasteiger partial charge on any atom is 0.161 e. The van der Waals surface area contributed by atoms with E-state index in [1.807, 2.05) is 73.1 Å². The molecule has 2 N–H and O–H groups in total. The Morgan fingerprint density at radius 3 is 2.49 bits per heavy atom. The lowest BCUT2D eigenvalue weighted by atomic mass is 10.1. The lowest BCUT2D eigenvalue weighted by Gasteiger charge is -2.19. The summed E-state index contributed by atoms with van der Waals surface area (Å²) in [6.07, 6.45) is 2.18. The highest BCUT2D eigenvalue weighted by Gasteiger charge is 2.14. The van der Waals surface area contributed by atoms with Crippen LogP contribution in [0.2, 0.25) is 0 Å². The fourth-order valence-electron chi connectivity index (χ4n) is 3.80. The Hall–Kier alpha value is -2.77. The normalized spacial score (nSPS) is 12.3. The molecule has 35 heavy (non-hydrogen) atoms. The van der Waals surface area contributed by atoms with Crippen molar-refractivity contribution < 1.29 is 14.6 Å². The molecule has 0 amide bonds. The highest BCUT2D eigenvalue weighted by Crippen LogP contribution is 2.31. The van der Waals surface area contributed by atoms with Gasteiger partial charge in [0.1, 0.15) is 6.61 Å². The van der Waals surface area contributed by atoms with Crippen LogP contribution < -0.4 is 14.8 Å². The Morgan fingerprint density at radius 1 is 0.971 bits per heavy atom. The zero-order valence-electron chi connectivity index (χ0n) is 20.0. The number of imidazole rings is 1. The van der Waals surface area contributed by atoms with Crippen molar-refractivity contribution in [3.8, 4) is 11.5 Å². The summed E-state index contributed by atoms with van der Waals surface area (Å²) in [7, 11) is 1.61. The fraction of sp³-hybridized carbons (Fsp3) is 0.296. The van der Waals surface area contributed by atoms with Crippen LogP contribution in [0.3, 0.4) is 0 Å². The van der Waals surface area contributed by atoms with Gasteiger partial charge < -0.3 is 24.5 Å². The number of aromatic nitrogens is 2. The molecule has 1 aromatic heterocycles. The lowest BCUT2D eigenvalue weighted by molar-refractivity contribution is 0.169. The molecule has 1 heterocycles. The van der Waals surface area contributed by atoms with Gasteiger partial charge in [-0.25, -0.2) is 4.98 Å². The van der Waals surface area contributed by atoms with Gasteiger partial charge in [0, 0.05) is 19.1 Å². The number of methoxy groups -OCH3 is 1. The summed E-state index contributed by atoms with van der Waals surface area (Å²) in [5.74, 6) is 1.27. The number of para-hydroxylation sites is 2. The maximum atomic E-state index is 10.7. The molecule has 0 saturated carbocycles. The van der Waals surface area contributed by atoms with E-state index in [0.29, 0.717) is 24.7 Å². The van der Waals surface area contributed by atoms with Gasteiger partial charge in [0.15, 0.2) is 11.5 Å². The minimum Gasteiger partial charge on any atom is -0.493 e. The van der Waals surface area contributed by atoms with Gasteiger partial charge in [-0.3, -0.25) is 0 Å². The molecule has 4 rings (SSSR count). The summed E-state index contributed by atoms with van der Waals surface area (Å²) in [6.45, 7) is 3.92. The van der Waals surface area contributed by atoms with Crippen molar-refractivity contribution in [3.63, 3.8) is 0 Å². The average Bonchev–Trinajstić information content (AvgIpc) is 3.28. The maximum absolute atomic E-state index is 10.7. The highest BCUT2D eigenvalue weighted by atomic mass is 35.5. The third kappa shape index (κ3) is 7.61. The third-order valence-electron chi connectivity index (χ3n) is 5.80. The topological polar surface area (TPSA) is 68.5 Å². The van der Waals surface area contributed by atoms with Crippen LogP contribution in [0.15, 0.2) is 79.1 Å². The molecule has 188 valence electrons. The molecule has 0 bridgehead atoms. The third-order valence-corrected chi connectivity index (χ3v) is 5.80. The van der Waals surface area contributed by atoms with Crippen molar-refractivity contribution in [3.05, 3.63) is 90.3 Å². The summed E-state index contributed by atoms with van der Waals surface area (Å²) in [5.41, 5.74) is 4.04. The largest absolute Gasteiger partial charge is 0.493 e. The van der Waals surface area contributed by atoms with Crippen LogP contribution in [-0.2, 0) is 13.2 Å². The molecule has 0 radical (unpaired) electrons. The van der Waals surface area contributed by atoms with Gasteiger partial charge in [0.25, 0.3) is 0 Å². The van der Waals surface area contributed by atoms with Gasteiger partial charge in [-0.05, 0) is 48.7 Å². The molecule has 0 aliphatic rings. The molecular formula is C27H33Cl2N3O3. The number of fused-ring (bicyclic) bond motifs is 1. The van der Waals surface area contributed by atoms with Crippen LogP contribution in [0, 0.1) is 0 Å². The second-order valence-corrected chi connectivity index (χ2v) is 8.23. The van der Waals surface area contributed by atoms with Gasteiger partial charge in [-0.15, -0.1) is 24.8 Å². The number of hydrogen-bond acceptors (Lipinski definition) is 5. The number of aliphatic hydroxyl groups excluding tert-OH is 1. The number of aliphatic hydroxyl groups is 1. The Morgan fingerprint density at radius 2 is 1.71 bits per heavy atom. The smallest absolute Gasteiger partial charge is 0.161 e. The molecule has 2 atom stereocenters. The minimum atomic E-state index is -0.640. The summed E-state index contributed by atoms with van der Waals surface area (Å²) < 4.78 is 13.6. The summed E-state index contributed by atoms with van der Waals surface area (Å²) in [4.78, 5) is 4.44. The van der Waals surface area contributed by atoms with E-state index in [-0.39, 0.29) is 30.9 Å². The standard InChI is InChI=1S/C27H31N3O3.2ClH/c1-20(14-15-30-19-29-23-10-6-7-11-24(23)30)28-17-25(31)22-12-13-26(27(16-22)32-2)33-18-21-8-4-3-5-9-21;;/h3-13,16,19-20,25,28,31H,14-15,17-18H2,1-2H3;2*1H. The molecule has 4 aromatic rings. The van der Waals surface area contributed by atoms with Gasteiger partial charge in [0.05, 0.1) is 30.6 Å². The first kappa shape index (κ1) is 28.5. The Kier molecular flexibility index (Phi) is 11.3. The van der Waals surface area contributed by atoms with Crippen molar-refractivity contribution >= 4 is 35.8 Å². The minimum absolute atomic E-state index is 0. The van der Waals surface area contributed by atoms with Gasteiger partial charge >= 0.3 is 0 Å². The molecule has 6 nitrogen and oxygen atoms in total. The van der Waals surface area contributed by atoms with E-state index in [0.717, 1.165) is 35.1 Å². The predicted octanol–water partition coefficient (Wildman–Crippen LogP) is 5.57. The van der Waals surface area contributed by atoms with E-state index in [4.69, 9.17) is 9.47 Å². The monoisotopic (exact) mass is 517 g/mol. The summed E-state index contributed by atoms with van der Waals surface area (Å²) in [6, 6.07) is 24.0. The van der Waals surface area contributed by atoms with Crippen molar-refractivity contribution in [1.29, 1.82) is 0 Å². The van der Waals surface area contributed by atoms with Crippen LogP contribution in [0.25, 0.3) is 11.0 Å². The number of aryl methyl sites for hydroxylation is 1. The Balaban J connectivity index is 0.00000216. The number of halogens is 2. The van der Waals surface area contributed by atoms with Gasteiger partial charge in [0.2, 0.25) is 0 Å². The van der Waals surface area contributed by atoms with E-state index >= 15 is 0 Å². The molecule has 0 spiro atoms. The second-order valence-electron chi connectivity index (χ2n) is 8.23. The van der Waals surface area contributed by atoms with E-state index in [9.17, 15) is 5.11 Å². The molecule has 2 unspecified atom stereocenters. The number of benzene rings is 3. The number of hydrogen-bond donors (Lipinski definition) is 2. The zero-order valence-corrected chi connectivity index (χ0v) is 21.6. The van der Waals surface area contributed by atoms with Crippen LogP contribution in [0.5, 0.6) is 11.5 Å². The Bertz CT molecular complexity index is 1170. The van der Waals surface area contributed by atoms with E-state index in [1.54, 1.807) is 7.11 Å². The fourth-order valence-corrected chi connectivity index (χ4v) is 3.80. The first-order valence-corrected chi connectivity index (χ1v) is 11.3. The molecule has 8 heteroatoms. The first-order valence-electron chi connectivity index (χ1n) is 11.3. The van der Waals surface area contributed by atoms with Crippen molar-refractivity contribution in [2.24, 2.45) is 0 Å². The summed E-state index contributed by atoms with van der Waals surface area (Å²) >= 11 is 0. The zero-order chi connectivity index (χ0) is 23.0. The SMILES string of the molecule is COc1cc(C(O)CNC(C)CCn2cnc3ccccc32)ccc1OCc1ccccc1.Cl.Cl. The van der Waals surface area contributed by atoms with Gasteiger partial charge in [-0.1, -0.05) is 48.5 Å². The summed E-state index contributed by atoms with van der Waals surface area (Å²) in [5, 5.41) is 14.1. The molecule has 0 aliphatic heterocycles. The van der Waals surface area contributed by atoms with Crippen LogP contribution >= 0.6 is 24.8 Å². The number of nitrogens with one attached hydrogen (secondary N) is 1. The molecular weight excluding hydrogens is 485 g/mol. The predicted molar refractivity (Wildman–Crippen MR) is 145 cm³/mol. The van der Waals surface area contributed by atoms with Crippen LogP contribution in [0.4, 0.5) is 0 Å². The van der Waals surface area contributed by atoms with Crippen LogP contribution in [0.1, 0.15) is 30.6 Å². The molecule has 0 aliphatic carbocycles. The van der Waals surface area contributed by atoms with E-state index in [2.05, 4.69) is 27.9 Å². The van der Waals surface area contributed by atoms with E-state index in [1.165, 1.54) is 0 Å². The molecule has 0 saturated heterocycles. The quantitative estimate of drug-likeness (QED) is 0.272. The number of nitrogens with zero attached hydrogens (tertiary/aromatic N) is 2. The molecule has 0 fully saturated rings. The van der Waals surface area contributed by atoms with Crippen LogP contribution in [-0.4, -0.2) is 34.4 Å². The first-order chi connectivity index (χ1) is 16.1. The van der Waals surface area contributed by atoms with Crippen molar-refractivity contribution in [2.75, 3.05) is 13.7 Å². The highest BCUT2D eigenvalue weighted by molar-refractivity contribution is 5.85. The van der Waals surface area contributed by atoms with Crippen molar-refractivity contribution in [2.45, 2.75) is 38.6 Å². The van der Waals surface area contributed by atoms with Crippen molar-refractivity contribution in [1.82, 2.24) is 14.9 Å². The number of rotatable bonds is 11. The van der Waals surface area contributed by atoms with Gasteiger partial charge in [-0.2, -0.15) is 0 Å². The van der Waals surface area contributed by atoms with E-state index < -0.39 is 6.10 Å². The second kappa shape index (κ2) is 14.0. The number of ether oxygens (including phenoxy) is 2. The lowest BCUT2D eigenvalue weighted by Crippen LogP contribution is -2.31.